The van der Waals surface area contributed by atoms with Gasteiger partial charge >= 0.3 is 0 Å². The molecule has 2 aromatic rings. The monoisotopic (exact) mass is 371 g/mol. The van der Waals surface area contributed by atoms with Crippen molar-refractivity contribution in [3.05, 3.63) is 59.7 Å². The Morgan fingerprint density at radius 1 is 1.12 bits per heavy atom. The molecular formula is C22H26ClNO2. The fraction of sp³-hybridized carbons (Fsp3) is 0.455. The summed E-state index contributed by atoms with van der Waals surface area (Å²) in [6, 6.07) is 17.3. The van der Waals surface area contributed by atoms with Gasteiger partial charge in [0.25, 0.3) is 0 Å². The van der Waals surface area contributed by atoms with Crippen LogP contribution in [0.3, 0.4) is 0 Å². The Morgan fingerprint density at radius 3 is 2.81 bits per heavy atom. The number of rotatable bonds is 3. The van der Waals surface area contributed by atoms with E-state index in [0.29, 0.717) is 11.8 Å². The van der Waals surface area contributed by atoms with Gasteiger partial charge in [0, 0.05) is 30.1 Å². The van der Waals surface area contributed by atoms with Gasteiger partial charge < -0.3 is 9.84 Å². The number of halogens is 1. The van der Waals surface area contributed by atoms with Crippen LogP contribution < -0.4 is 4.74 Å². The number of likely N-dealkylation sites (tertiary alicyclic amines) is 1. The standard InChI is InChI=1S/C22H25NO2.ClH/c24-19-10-4-9-18-21(19)25-20-15-23(13-11-16-6-2-1-3-7-16)17-8-5-12-22(18,20)14-17;/h1-4,6-7,9-10,17,20,24H,5,8,11-15H2;1H/t17-,20-,22-;/m0./s1. The summed E-state index contributed by atoms with van der Waals surface area (Å²) in [6.07, 6.45) is 6.18. The smallest absolute Gasteiger partial charge is 0.165 e. The lowest BCUT2D eigenvalue weighted by Gasteiger charge is -2.51. The summed E-state index contributed by atoms with van der Waals surface area (Å²) in [4.78, 5) is 2.64. The van der Waals surface area contributed by atoms with Crippen molar-refractivity contribution in [1.82, 2.24) is 4.90 Å². The largest absolute Gasteiger partial charge is 0.504 e. The minimum Gasteiger partial charge on any atom is -0.504 e. The van der Waals surface area contributed by atoms with Crippen LogP contribution in [-0.2, 0) is 11.8 Å². The molecule has 2 aliphatic heterocycles. The lowest BCUT2D eigenvalue weighted by Crippen LogP contribution is -2.59. The Kier molecular flexibility index (Phi) is 4.62. The van der Waals surface area contributed by atoms with Gasteiger partial charge in [-0.25, -0.2) is 0 Å². The Hall–Kier alpha value is -1.71. The lowest BCUT2D eigenvalue weighted by molar-refractivity contribution is -0.0213. The van der Waals surface area contributed by atoms with Gasteiger partial charge in [-0.2, -0.15) is 0 Å². The van der Waals surface area contributed by atoms with E-state index in [4.69, 9.17) is 4.74 Å². The average molecular weight is 372 g/mol. The average Bonchev–Trinajstić information content (AvgIpc) is 2.94. The van der Waals surface area contributed by atoms with E-state index >= 15 is 0 Å². The number of hydrogen-bond donors (Lipinski definition) is 1. The highest BCUT2D eigenvalue weighted by Crippen LogP contribution is 2.56. The van der Waals surface area contributed by atoms with Crippen LogP contribution >= 0.6 is 12.4 Å². The highest BCUT2D eigenvalue weighted by molar-refractivity contribution is 5.85. The van der Waals surface area contributed by atoms with Gasteiger partial charge in [-0.1, -0.05) is 48.9 Å². The van der Waals surface area contributed by atoms with Crippen LogP contribution in [0, 0.1) is 0 Å². The Balaban J connectivity index is 0.00000168. The molecule has 2 fully saturated rings. The number of piperidine rings is 1. The first-order chi connectivity index (χ1) is 12.3. The van der Waals surface area contributed by atoms with Gasteiger partial charge in [0.05, 0.1) is 0 Å². The molecule has 3 atom stereocenters. The number of benzene rings is 2. The van der Waals surface area contributed by atoms with E-state index in [2.05, 4.69) is 41.3 Å². The fourth-order valence-corrected chi connectivity index (χ4v) is 5.36. The summed E-state index contributed by atoms with van der Waals surface area (Å²) in [6.45, 7) is 2.07. The van der Waals surface area contributed by atoms with Crippen molar-refractivity contribution in [3.63, 3.8) is 0 Å². The van der Waals surface area contributed by atoms with E-state index in [1.165, 1.54) is 36.8 Å². The molecule has 4 heteroatoms. The first-order valence-electron chi connectivity index (χ1n) is 9.53. The Bertz CT molecular complexity index is 781. The third-order valence-corrected chi connectivity index (χ3v) is 6.61. The second-order valence-corrected chi connectivity index (χ2v) is 7.90. The molecule has 2 heterocycles. The molecular weight excluding hydrogens is 346 g/mol. The zero-order valence-electron chi connectivity index (χ0n) is 14.9. The molecule has 1 N–H and O–H groups in total. The SMILES string of the molecule is Cl.Oc1cccc2c1O[C@H]1CN(CCc3ccccc3)[C@H]3CCC[C@]21C3. The van der Waals surface area contributed by atoms with Crippen LogP contribution in [0.15, 0.2) is 48.5 Å². The predicted octanol–water partition coefficient (Wildman–Crippen LogP) is 4.31. The van der Waals surface area contributed by atoms with Gasteiger partial charge in [0.15, 0.2) is 11.5 Å². The van der Waals surface area contributed by atoms with Gasteiger partial charge in [-0.3, -0.25) is 4.90 Å². The normalized spacial score (nSPS) is 29.2. The highest BCUT2D eigenvalue weighted by Gasteiger charge is 2.56. The van der Waals surface area contributed by atoms with Crippen LogP contribution in [0.25, 0.3) is 0 Å². The van der Waals surface area contributed by atoms with Crippen molar-refractivity contribution in [2.24, 2.45) is 0 Å². The molecule has 26 heavy (non-hydrogen) atoms. The van der Waals surface area contributed by atoms with Crippen molar-refractivity contribution in [2.75, 3.05) is 13.1 Å². The highest BCUT2D eigenvalue weighted by atomic mass is 35.5. The van der Waals surface area contributed by atoms with E-state index in [-0.39, 0.29) is 23.9 Å². The zero-order chi connectivity index (χ0) is 16.9. The van der Waals surface area contributed by atoms with Crippen LogP contribution in [0.4, 0.5) is 0 Å². The molecule has 2 aromatic carbocycles. The molecule has 1 saturated heterocycles. The number of fused-ring (bicyclic) bond motifs is 2. The topological polar surface area (TPSA) is 32.7 Å². The lowest BCUT2D eigenvalue weighted by atomic mass is 9.63. The van der Waals surface area contributed by atoms with Crippen molar-refractivity contribution in [3.8, 4) is 11.5 Å². The number of hydrogen-bond acceptors (Lipinski definition) is 3. The van der Waals surface area contributed by atoms with E-state index in [1.54, 1.807) is 6.07 Å². The fourth-order valence-electron chi connectivity index (χ4n) is 5.36. The van der Waals surface area contributed by atoms with Crippen molar-refractivity contribution >= 4 is 12.4 Å². The van der Waals surface area contributed by atoms with E-state index < -0.39 is 0 Å². The van der Waals surface area contributed by atoms with E-state index in [9.17, 15) is 5.11 Å². The first kappa shape index (κ1) is 17.7. The van der Waals surface area contributed by atoms with Crippen LogP contribution in [-0.4, -0.2) is 35.2 Å². The second-order valence-electron chi connectivity index (χ2n) is 7.90. The third kappa shape index (κ3) is 2.69. The second kappa shape index (κ2) is 6.79. The molecule has 5 rings (SSSR count). The number of phenolic OH excluding ortho intramolecular Hbond substituents is 1. The van der Waals surface area contributed by atoms with Crippen molar-refractivity contribution < 1.29 is 9.84 Å². The van der Waals surface area contributed by atoms with Gasteiger partial charge in [0.1, 0.15) is 6.10 Å². The van der Waals surface area contributed by atoms with Gasteiger partial charge in [0.2, 0.25) is 0 Å². The van der Waals surface area contributed by atoms with E-state index in [0.717, 1.165) is 25.3 Å². The summed E-state index contributed by atoms with van der Waals surface area (Å²) < 4.78 is 6.31. The number of phenols is 1. The van der Waals surface area contributed by atoms with E-state index in [1.807, 2.05) is 6.07 Å². The first-order valence-corrected chi connectivity index (χ1v) is 9.53. The maximum Gasteiger partial charge on any atom is 0.165 e. The minimum atomic E-state index is 0. The molecule has 0 amide bonds. The maximum atomic E-state index is 10.3. The Labute approximate surface area is 161 Å². The van der Waals surface area contributed by atoms with Crippen molar-refractivity contribution in [2.45, 2.75) is 49.7 Å². The summed E-state index contributed by atoms with van der Waals surface area (Å²) in [7, 11) is 0. The number of ether oxygens (including phenoxy) is 1. The van der Waals surface area contributed by atoms with Crippen LogP contribution in [0.1, 0.15) is 36.8 Å². The maximum absolute atomic E-state index is 10.3. The van der Waals surface area contributed by atoms with Crippen molar-refractivity contribution in [1.29, 1.82) is 0 Å². The van der Waals surface area contributed by atoms with Crippen LogP contribution in [0.2, 0.25) is 0 Å². The Morgan fingerprint density at radius 2 is 1.96 bits per heavy atom. The number of para-hydroxylation sites is 1. The van der Waals surface area contributed by atoms with Gasteiger partial charge in [-0.15, -0.1) is 12.4 Å². The van der Waals surface area contributed by atoms with Crippen LogP contribution in [0.5, 0.6) is 11.5 Å². The molecule has 1 spiro atoms. The molecule has 0 radical (unpaired) electrons. The molecule has 0 aromatic heterocycles. The summed E-state index contributed by atoms with van der Waals surface area (Å²) in [5, 5.41) is 10.3. The minimum absolute atomic E-state index is 0. The third-order valence-electron chi connectivity index (χ3n) is 6.61. The molecule has 2 bridgehead atoms. The molecule has 3 nitrogen and oxygen atoms in total. The summed E-state index contributed by atoms with van der Waals surface area (Å²) >= 11 is 0. The zero-order valence-corrected chi connectivity index (χ0v) is 15.8. The number of aromatic hydroxyl groups is 1. The molecule has 138 valence electrons. The van der Waals surface area contributed by atoms with Gasteiger partial charge in [-0.05, 0) is 37.3 Å². The molecule has 3 aliphatic rings. The molecule has 0 unspecified atom stereocenters. The summed E-state index contributed by atoms with van der Waals surface area (Å²) in [5.74, 6) is 1.05. The predicted molar refractivity (Wildman–Crippen MR) is 105 cm³/mol. The summed E-state index contributed by atoms with van der Waals surface area (Å²) in [5.41, 5.74) is 2.79. The number of nitrogens with zero attached hydrogens (tertiary/aromatic N) is 1. The molecule has 1 aliphatic carbocycles. The molecule has 1 saturated carbocycles. The quantitative estimate of drug-likeness (QED) is 0.872.